The van der Waals surface area contributed by atoms with Crippen LogP contribution in [0.15, 0.2) is 58.4 Å². The third-order valence-corrected chi connectivity index (χ3v) is 5.29. The molecule has 5 heteroatoms. The monoisotopic (exact) mass is 380 g/mol. The molecular weight excluding hydrogens is 356 g/mol. The first-order valence-electron chi connectivity index (χ1n) is 9.27. The SMILES string of the molecule is CCOc1ccc(/C=C2/SC(=Nc3ccccc3CC)N(CC)C2=O)cc1. The molecule has 0 spiro atoms. The van der Waals surface area contributed by atoms with Gasteiger partial charge in [-0.15, -0.1) is 0 Å². The first-order valence-corrected chi connectivity index (χ1v) is 10.1. The maximum Gasteiger partial charge on any atom is 0.266 e. The Morgan fingerprint density at radius 3 is 2.48 bits per heavy atom. The van der Waals surface area contributed by atoms with Crippen LogP contribution in [0.2, 0.25) is 0 Å². The molecule has 2 aromatic rings. The third kappa shape index (κ3) is 4.42. The van der Waals surface area contributed by atoms with E-state index in [1.165, 1.54) is 17.3 Å². The maximum absolute atomic E-state index is 12.8. The Balaban J connectivity index is 1.89. The smallest absolute Gasteiger partial charge is 0.266 e. The van der Waals surface area contributed by atoms with E-state index in [4.69, 9.17) is 9.73 Å². The van der Waals surface area contributed by atoms with Crippen molar-refractivity contribution in [1.82, 2.24) is 4.90 Å². The zero-order chi connectivity index (χ0) is 19.2. The normalized spacial score (nSPS) is 17.1. The number of aryl methyl sites for hydroxylation is 1. The van der Waals surface area contributed by atoms with Crippen LogP contribution in [-0.4, -0.2) is 29.1 Å². The van der Waals surface area contributed by atoms with E-state index in [1.807, 2.05) is 62.4 Å². The van der Waals surface area contributed by atoms with E-state index in [-0.39, 0.29) is 5.91 Å². The fourth-order valence-corrected chi connectivity index (χ4v) is 3.93. The third-order valence-electron chi connectivity index (χ3n) is 4.28. The fraction of sp³-hybridized carbons (Fsp3) is 0.273. The fourth-order valence-electron chi connectivity index (χ4n) is 2.87. The molecule has 1 saturated heterocycles. The summed E-state index contributed by atoms with van der Waals surface area (Å²) in [6.07, 6.45) is 2.83. The minimum atomic E-state index is 0.00381. The van der Waals surface area contributed by atoms with E-state index in [0.717, 1.165) is 28.6 Å². The molecule has 0 bridgehead atoms. The van der Waals surface area contributed by atoms with Gasteiger partial charge in [0, 0.05) is 6.54 Å². The number of benzene rings is 2. The summed E-state index contributed by atoms with van der Waals surface area (Å²) in [5, 5.41) is 0.737. The number of hydrogen-bond acceptors (Lipinski definition) is 4. The molecule has 0 atom stereocenters. The number of amidine groups is 1. The number of hydrogen-bond donors (Lipinski definition) is 0. The Hall–Kier alpha value is -2.53. The average molecular weight is 381 g/mol. The molecule has 0 N–H and O–H groups in total. The summed E-state index contributed by atoms with van der Waals surface area (Å²) in [5.41, 5.74) is 3.08. The van der Waals surface area contributed by atoms with Crippen LogP contribution < -0.4 is 4.74 Å². The van der Waals surface area contributed by atoms with Gasteiger partial charge in [0.05, 0.1) is 17.2 Å². The summed E-state index contributed by atoms with van der Waals surface area (Å²) >= 11 is 1.43. The molecule has 0 saturated carbocycles. The number of thioether (sulfide) groups is 1. The van der Waals surface area contributed by atoms with Crippen LogP contribution in [0.4, 0.5) is 5.69 Å². The van der Waals surface area contributed by atoms with Gasteiger partial charge in [-0.2, -0.15) is 0 Å². The molecular formula is C22H24N2O2S. The Bertz CT molecular complexity index is 872. The van der Waals surface area contributed by atoms with Crippen LogP contribution in [0.25, 0.3) is 6.08 Å². The molecule has 1 amide bonds. The highest BCUT2D eigenvalue weighted by Crippen LogP contribution is 2.34. The number of likely N-dealkylation sites (N-methyl/N-ethyl adjacent to an activating group) is 1. The number of carbonyl (C=O) groups is 1. The van der Waals surface area contributed by atoms with E-state index >= 15 is 0 Å². The second kappa shape index (κ2) is 8.91. The number of ether oxygens (including phenoxy) is 1. The van der Waals surface area contributed by atoms with Gasteiger partial charge in [-0.1, -0.05) is 37.3 Å². The lowest BCUT2D eigenvalue weighted by atomic mass is 10.1. The number of carbonyl (C=O) groups excluding carboxylic acids is 1. The van der Waals surface area contributed by atoms with E-state index in [9.17, 15) is 4.79 Å². The van der Waals surface area contributed by atoms with Crippen LogP contribution in [-0.2, 0) is 11.2 Å². The molecule has 0 radical (unpaired) electrons. The standard InChI is InChI=1S/C22H24N2O2S/c1-4-17-9-7-8-10-19(17)23-22-24(5-2)21(25)20(27-22)15-16-11-13-18(14-12-16)26-6-3/h7-15H,4-6H2,1-3H3/b20-15+,23-22?. The quantitative estimate of drug-likeness (QED) is 0.641. The summed E-state index contributed by atoms with van der Waals surface area (Å²) in [6, 6.07) is 15.8. The van der Waals surface area contributed by atoms with Crippen molar-refractivity contribution in [2.45, 2.75) is 27.2 Å². The zero-order valence-corrected chi connectivity index (χ0v) is 16.8. The second-order valence-electron chi connectivity index (χ2n) is 6.04. The highest BCUT2D eigenvalue weighted by Gasteiger charge is 2.32. The lowest BCUT2D eigenvalue weighted by molar-refractivity contribution is -0.122. The molecule has 0 aromatic heterocycles. The Kier molecular flexibility index (Phi) is 6.35. The van der Waals surface area contributed by atoms with Gasteiger partial charge in [-0.3, -0.25) is 9.69 Å². The topological polar surface area (TPSA) is 41.9 Å². The first-order chi connectivity index (χ1) is 13.2. The van der Waals surface area contributed by atoms with E-state index in [1.54, 1.807) is 4.90 Å². The summed E-state index contributed by atoms with van der Waals surface area (Å²) in [5.74, 6) is 0.836. The minimum absolute atomic E-state index is 0.00381. The second-order valence-corrected chi connectivity index (χ2v) is 7.05. The lowest BCUT2D eigenvalue weighted by Crippen LogP contribution is -2.28. The molecule has 1 heterocycles. The number of amides is 1. The summed E-state index contributed by atoms with van der Waals surface area (Å²) < 4.78 is 5.47. The molecule has 1 fully saturated rings. The number of rotatable bonds is 6. The molecule has 140 valence electrons. The van der Waals surface area contributed by atoms with Crippen LogP contribution >= 0.6 is 11.8 Å². The predicted octanol–water partition coefficient (Wildman–Crippen LogP) is 5.27. The number of nitrogens with zero attached hydrogens (tertiary/aromatic N) is 2. The molecule has 1 aliphatic rings. The zero-order valence-electron chi connectivity index (χ0n) is 15.9. The molecule has 2 aromatic carbocycles. The van der Waals surface area contributed by atoms with Crippen LogP contribution in [0.1, 0.15) is 31.9 Å². The van der Waals surface area contributed by atoms with Crippen LogP contribution in [0.5, 0.6) is 5.75 Å². The molecule has 4 nitrogen and oxygen atoms in total. The molecule has 3 rings (SSSR count). The van der Waals surface area contributed by atoms with Crippen molar-refractivity contribution in [3.05, 3.63) is 64.6 Å². The van der Waals surface area contributed by atoms with Crippen LogP contribution in [0.3, 0.4) is 0 Å². The average Bonchev–Trinajstić information content (AvgIpc) is 2.98. The van der Waals surface area contributed by atoms with Gasteiger partial charge in [-0.25, -0.2) is 4.99 Å². The number of aliphatic imine (C=N–C) groups is 1. The van der Waals surface area contributed by atoms with E-state index in [0.29, 0.717) is 18.1 Å². The Morgan fingerprint density at radius 1 is 1.07 bits per heavy atom. The molecule has 27 heavy (non-hydrogen) atoms. The highest BCUT2D eigenvalue weighted by atomic mass is 32.2. The summed E-state index contributed by atoms with van der Waals surface area (Å²) in [6.45, 7) is 7.28. The van der Waals surface area contributed by atoms with Gasteiger partial charge in [0.25, 0.3) is 5.91 Å². The van der Waals surface area contributed by atoms with Gasteiger partial charge >= 0.3 is 0 Å². The van der Waals surface area contributed by atoms with Gasteiger partial charge in [0.1, 0.15) is 5.75 Å². The van der Waals surface area contributed by atoms with Crippen molar-refractivity contribution in [1.29, 1.82) is 0 Å². The van der Waals surface area contributed by atoms with Crippen molar-refractivity contribution in [3.63, 3.8) is 0 Å². The van der Waals surface area contributed by atoms with Crippen molar-refractivity contribution < 1.29 is 9.53 Å². The van der Waals surface area contributed by atoms with Gasteiger partial charge in [0.2, 0.25) is 0 Å². The van der Waals surface area contributed by atoms with Crippen molar-refractivity contribution in [3.8, 4) is 5.75 Å². The molecule has 1 aliphatic heterocycles. The predicted molar refractivity (Wildman–Crippen MR) is 113 cm³/mol. The molecule has 0 aliphatic carbocycles. The Morgan fingerprint density at radius 2 is 1.81 bits per heavy atom. The van der Waals surface area contributed by atoms with Gasteiger partial charge in [-0.05, 0) is 67.4 Å². The van der Waals surface area contributed by atoms with Gasteiger partial charge < -0.3 is 4.74 Å². The van der Waals surface area contributed by atoms with Crippen LogP contribution in [0, 0.1) is 0 Å². The van der Waals surface area contributed by atoms with E-state index < -0.39 is 0 Å². The Labute approximate surface area is 164 Å². The maximum atomic E-state index is 12.8. The number of para-hydroxylation sites is 1. The van der Waals surface area contributed by atoms with E-state index in [2.05, 4.69) is 13.0 Å². The minimum Gasteiger partial charge on any atom is -0.494 e. The highest BCUT2D eigenvalue weighted by molar-refractivity contribution is 8.18. The van der Waals surface area contributed by atoms with Crippen molar-refractivity contribution in [2.75, 3.05) is 13.2 Å². The lowest BCUT2D eigenvalue weighted by Gasteiger charge is -2.12. The van der Waals surface area contributed by atoms with Gasteiger partial charge in [0.15, 0.2) is 5.17 Å². The van der Waals surface area contributed by atoms with Crippen molar-refractivity contribution in [2.24, 2.45) is 4.99 Å². The summed E-state index contributed by atoms with van der Waals surface area (Å²) in [4.78, 5) is 20.0. The summed E-state index contributed by atoms with van der Waals surface area (Å²) in [7, 11) is 0. The largest absolute Gasteiger partial charge is 0.494 e. The first kappa shape index (κ1) is 19.2. The molecule has 0 unspecified atom stereocenters. The van der Waals surface area contributed by atoms with Crippen molar-refractivity contribution >= 4 is 34.6 Å².